The van der Waals surface area contributed by atoms with Crippen molar-refractivity contribution < 1.29 is 19.1 Å². The van der Waals surface area contributed by atoms with E-state index in [1.165, 1.54) is 0 Å². The van der Waals surface area contributed by atoms with Crippen LogP contribution in [0.2, 0.25) is 0 Å². The van der Waals surface area contributed by atoms with Gasteiger partial charge in [-0.25, -0.2) is 9.59 Å². The Bertz CT molecular complexity index is 803. The molecular weight excluding hydrogens is 408 g/mol. The highest BCUT2D eigenvalue weighted by Crippen LogP contribution is 2.70. The van der Waals surface area contributed by atoms with E-state index in [-0.39, 0.29) is 35.5 Å². The number of rotatable bonds is 5. The molecule has 4 rings (SSSR count). The predicted molar refractivity (Wildman–Crippen MR) is 105 cm³/mol. The minimum absolute atomic E-state index is 0.0167. The number of ether oxygens (including phenoxy) is 2. The van der Waals surface area contributed by atoms with Gasteiger partial charge < -0.3 is 9.47 Å². The molecule has 0 bridgehead atoms. The summed E-state index contributed by atoms with van der Waals surface area (Å²) < 4.78 is 12.0. The Balaban J connectivity index is 1.29. The van der Waals surface area contributed by atoms with Gasteiger partial charge in [-0.05, 0) is 68.1 Å². The highest BCUT2D eigenvalue weighted by atomic mass is 79.9. The van der Waals surface area contributed by atoms with Crippen molar-refractivity contribution in [2.45, 2.75) is 51.7 Å². The average Bonchev–Trinajstić information content (AvgIpc) is 3.10. The van der Waals surface area contributed by atoms with Crippen LogP contribution in [0.25, 0.3) is 0 Å². The van der Waals surface area contributed by atoms with Gasteiger partial charge in [0.25, 0.3) is 0 Å². The number of carbonyl (C=O) groups excluding carboxylic acids is 2. The fourth-order valence-electron chi connectivity index (χ4n) is 5.23. The van der Waals surface area contributed by atoms with Gasteiger partial charge in [0.15, 0.2) is 0 Å². The lowest BCUT2D eigenvalue weighted by Crippen LogP contribution is -2.26. The Morgan fingerprint density at radius 3 is 3.00 bits per heavy atom. The van der Waals surface area contributed by atoms with Gasteiger partial charge in [-0.15, -0.1) is 0 Å². The minimum atomic E-state index is -0.277. The van der Waals surface area contributed by atoms with E-state index >= 15 is 0 Å². The first-order valence-electron chi connectivity index (χ1n) is 9.66. The summed E-state index contributed by atoms with van der Waals surface area (Å²) in [6.45, 7) is 8.20. The Morgan fingerprint density at radius 2 is 2.26 bits per heavy atom. The summed E-state index contributed by atoms with van der Waals surface area (Å²) in [6, 6.07) is 7.26. The van der Waals surface area contributed by atoms with Crippen molar-refractivity contribution in [2.24, 2.45) is 23.2 Å². The Morgan fingerprint density at radius 1 is 1.48 bits per heavy atom. The summed E-state index contributed by atoms with van der Waals surface area (Å²) >= 11 is 3.38. The van der Waals surface area contributed by atoms with E-state index in [9.17, 15) is 9.59 Å². The van der Waals surface area contributed by atoms with E-state index in [0.717, 1.165) is 30.2 Å². The zero-order chi connectivity index (χ0) is 19.3. The number of esters is 2. The molecule has 1 aromatic rings. The lowest BCUT2D eigenvalue weighted by Gasteiger charge is -2.27. The first-order valence-corrected chi connectivity index (χ1v) is 10.4. The second kappa shape index (κ2) is 6.77. The molecule has 0 spiro atoms. The first kappa shape index (κ1) is 18.7. The number of hydrogen-bond acceptors (Lipinski definition) is 4. The Labute approximate surface area is 168 Å². The molecule has 2 aliphatic carbocycles. The van der Waals surface area contributed by atoms with Crippen molar-refractivity contribution >= 4 is 27.9 Å². The largest absolute Gasteiger partial charge is 0.459 e. The summed E-state index contributed by atoms with van der Waals surface area (Å²) in [4.78, 5) is 24.0. The maximum absolute atomic E-state index is 12.3. The van der Waals surface area contributed by atoms with Crippen molar-refractivity contribution in [1.29, 1.82) is 0 Å². The van der Waals surface area contributed by atoms with Crippen LogP contribution in [0.3, 0.4) is 0 Å². The molecule has 3 fully saturated rings. The molecule has 27 heavy (non-hydrogen) atoms. The van der Waals surface area contributed by atoms with Crippen LogP contribution in [0, 0.1) is 23.2 Å². The molecule has 4 nitrogen and oxygen atoms in total. The topological polar surface area (TPSA) is 52.6 Å². The maximum Gasteiger partial charge on any atom is 0.338 e. The van der Waals surface area contributed by atoms with Gasteiger partial charge >= 0.3 is 11.9 Å². The van der Waals surface area contributed by atoms with Crippen molar-refractivity contribution in [3.05, 3.63) is 46.5 Å². The molecule has 2 unspecified atom stereocenters. The smallest absolute Gasteiger partial charge is 0.338 e. The number of carbonyl (C=O) groups is 2. The fourth-order valence-corrected chi connectivity index (χ4v) is 5.63. The first-order chi connectivity index (χ1) is 12.8. The predicted octanol–water partition coefficient (Wildman–Crippen LogP) is 4.92. The molecule has 6 atom stereocenters. The molecule has 144 valence electrons. The number of halogens is 1. The standard InChI is InChI=1S/C22H25BrO4/c1-12(26-21(25)14-5-4-6-15(23)9-14)7-8-17-18-10-16-13(2)20(24)27-19(16)11-22(17,18)3/h4-6,9,12,16-19H,2,7-8,10-11H2,1,3H3/t12?,16-,17?,18+,19-,22-/m1/s1. The highest BCUT2D eigenvalue weighted by Gasteiger charge is 2.66. The summed E-state index contributed by atoms with van der Waals surface area (Å²) in [5.74, 6) is 0.951. The lowest BCUT2D eigenvalue weighted by atomic mass is 9.79. The van der Waals surface area contributed by atoms with E-state index in [0.29, 0.717) is 23.0 Å². The van der Waals surface area contributed by atoms with Crippen molar-refractivity contribution in [1.82, 2.24) is 0 Å². The monoisotopic (exact) mass is 432 g/mol. The molecule has 0 amide bonds. The molecule has 5 heteroatoms. The Kier molecular flexibility index (Phi) is 4.69. The summed E-state index contributed by atoms with van der Waals surface area (Å²) in [6.07, 6.45) is 3.73. The van der Waals surface area contributed by atoms with Crippen molar-refractivity contribution in [3.8, 4) is 0 Å². The molecule has 1 aromatic carbocycles. The molecule has 2 saturated carbocycles. The van der Waals surface area contributed by atoms with Crippen LogP contribution in [0.1, 0.15) is 49.9 Å². The van der Waals surface area contributed by atoms with E-state index in [4.69, 9.17) is 9.47 Å². The zero-order valence-electron chi connectivity index (χ0n) is 15.7. The van der Waals surface area contributed by atoms with Gasteiger partial charge in [0.2, 0.25) is 0 Å². The number of fused-ring (bicyclic) bond motifs is 2. The molecule has 0 N–H and O–H groups in total. The van der Waals surface area contributed by atoms with Gasteiger partial charge in [-0.1, -0.05) is 35.5 Å². The average molecular weight is 433 g/mol. The summed E-state index contributed by atoms with van der Waals surface area (Å²) in [5, 5.41) is 0. The molecule has 3 aliphatic rings. The van der Waals surface area contributed by atoms with Crippen LogP contribution in [-0.4, -0.2) is 24.1 Å². The highest BCUT2D eigenvalue weighted by molar-refractivity contribution is 9.10. The third-order valence-electron chi connectivity index (χ3n) is 6.89. The van der Waals surface area contributed by atoms with E-state index < -0.39 is 0 Å². The zero-order valence-corrected chi connectivity index (χ0v) is 17.3. The van der Waals surface area contributed by atoms with Gasteiger partial charge in [-0.3, -0.25) is 0 Å². The van der Waals surface area contributed by atoms with Crippen LogP contribution in [0.15, 0.2) is 40.9 Å². The van der Waals surface area contributed by atoms with Gasteiger partial charge in [0, 0.05) is 16.0 Å². The number of benzene rings is 1. The fraction of sp³-hybridized carbons (Fsp3) is 0.545. The molecule has 1 heterocycles. The van der Waals surface area contributed by atoms with E-state index in [2.05, 4.69) is 29.4 Å². The summed E-state index contributed by atoms with van der Waals surface area (Å²) in [5.41, 5.74) is 1.47. The second-order valence-corrected chi connectivity index (χ2v) is 9.45. The molecule has 1 aliphatic heterocycles. The van der Waals surface area contributed by atoms with Crippen molar-refractivity contribution in [2.75, 3.05) is 0 Å². The van der Waals surface area contributed by atoms with Crippen LogP contribution in [0.5, 0.6) is 0 Å². The number of hydrogen-bond donors (Lipinski definition) is 0. The molecule has 1 saturated heterocycles. The molecule has 0 radical (unpaired) electrons. The normalized spacial score (nSPS) is 35.1. The maximum atomic E-state index is 12.3. The van der Waals surface area contributed by atoms with E-state index in [1.54, 1.807) is 12.1 Å². The summed E-state index contributed by atoms with van der Waals surface area (Å²) in [7, 11) is 0. The van der Waals surface area contributed by atoms with Crippen molar-refractivity contribution in [3.63, 3.8) is 0 Å². The van der Waals surface area contributed by atoms with Gasteiger partial charge in [0.1, 0.15) is 6.10 Å². The third kappa shape index (κ3) is 3.35. The van der Waals surface area contributed by atoms with Crippen LogP contribution < -0.4 is 0 Å². The molecular formula is C22H25BrO4. The van der Waals surface area contributed by atoms with Gasteiger partial charge in [0.05, 0.1) is 11.7 Å². The van der Waals surface area contributed by atoms with Crippen LogP contribution in [0.4, 0.5) is 0 Å². The molecule has 0 aromatic heterocycles. The van der Waals surface area contributed by atoms with Gasteiger partial charge in [-0.2, -0.15) is 0 Å². The SMILES string of the molecule is C=C1C(=O)O[C@@H]2C[C@]3(C)C(CCC(C)OC(=O)c4cccc(Br)c4)[C@@H]3C[C@H]12. The quantitative estimate of drug-likeness (QED) is 0.489. The van der Waals surface area contributed by atoms with Crippen LogP contribution in [-0.2, 0) is 14.3 Å². The lowest BCUT2D eigenvalue weighted by molar-refractivity contribution is -0.140. The second-order valence-electron chi connectivity index (χ2n) is 8.54. The minimum Gasteiger partial charge on any atom is -0.459 e. The van der Waals surface area contributed by atoms with E-state index in [1.807, 2.05) is 19.1 Å². The third-order valence-corrected chi connectivity index (χ3v) is 7.38. The van der Waals surface area contributed by atoms with Crippen LogP contribution >= 0.6 is 15.9 Å². The Hall–Kier alpha value is -1.62.